The van der Waals surface area contributed by atoms with E-state index in [9.17, 15) is 9.90 Å². The molecule has 1 heterocycles. The SMILES string of the molecule is CSC1=C(O)C(C=O)N(c2ccc(Cl)cc2)C1C1CCCCC1. The number of aliphatic hydroxyl groups excluding tert-OH is 1. The molecule has 2 unspecified atom stereocenters. The van der Waals surface area contributed by atoms with Crippen molar-refractivity contribution in [2.75, 3.05) is 11.2 Å². The van der Waals surface area contributed by atoms with Gasteiger partial charge in [0, 0.05) is 15.6 Å². The van der Waals surface area contributed by atoms with E-state index < -0.39 is 6.04 Å². The van der Waals surface area contributed by atoms with Crippen molar-refractivity contribution < 1.29 is 9.90 Å². The molecule has 1 aromatic carbocycles. The number of aliphatic hydroxyl groups is 1. The smallest absolute Gasteiger partial charge is 0.150 e. The molecule has 2 aliphatic rings. The Morgan fingerprint density at radius 1 is 1.22 bits per heavy atom. The van der Waals surface area contributed by atoms with Crippen LogP contribution in [0.4, 0.5) is 5.69 Å². The molecule has 0 aromatic heterocycles. The van der Waals surface area contributed by atoms with E-state index in [4.69, 9.17) is 11.6 Å². The van der Waals surface area contributed by atoms with E-state index in [0.29, 0.717) is 10.9 Å². The Hall–Kier alpha value is -1.13. The van der Waals surface area contributed by atoms with Crippen LogP contribution in [-0.4, -0.2) is 29.7 Å². The molecule has 3 rings (SSSR count). The van der Waals surface area contributed by atoms with Crippen LogP contribution in [0.1, 0.15) is 32.1 Å². The second-order valence-corrected chi connectivity index (χ2v) is 7.55. The molecule has 0 spiro atoms. The molecule has 1 aromatic rings. The lowest BCUT2D eigenvalue weighted by Crippen LogP contribution is -2.44. The van der Waals surface area contributed by atoms with Crippen LogP contribution >= 0.6 is 23.4 Å². The van der Waals surface area contributed by atoms with E-state index in [-0.39, 0.29) is 11.8 Å². The van der Waals surface area contributed by atoms with Crippen molar-refractivity contribution in [3.8, 4) is 0 Å². The monoisotopic (exact) mass is 351 g/mol. The number of thioether (sulfide) groups is 1. The number of hydrogen-bond acceptors (Lipinski definition) is 4. The van der Waals surface area contributed by atoms with Crippen molar-refractivity contribution in [2.24, 2.45) is 5.92 Å². The summed E-state index contributed by atoms with van der Waals surface area (Å²) in [5.41, 5.74) is 0.942. The number of aldehydes is 1. The first kappa shape index (κ1) is 16.7. The van der Waals surface area contributed by atoms with E-state index in [1.165, 1.54) is 19.3 Å². The molecule has 0 saturated heterocycles. The predicted octanol–water partition coefficient (Wildman–Crippen LogP) is 4.81. The maximum Gasteiger partial charge on any atom is 0.150 e. The predicted molar refractivity (Wildman–Crippen MR) is 97.3 cm³/mol. The highest BCUT2D eigenvalue weighted by molar-refractivity contribution is 8.02. The second kappa shape index (κ2) is 7.18. The molecule has 1 aliphatic heterocycles. The van der Waals surface area contributed by atoms with Crippen LogP contribution in [0.3, 0.4) is 0 Å². The average molecular weight is 352 g/mol. The van der Waals surface area contributed by atoms with Crippen molar-refractivity contribution in [2.45, 2.75) is 44.2 Å². The molecular weight excluding hydrogens is 330 g/mol. The molecule has 3 nitrogen and oxygen atoms in total. The van der Waals surface area contributed by atoms with Gasteiger partial charge < -0.3 is 14.8 Å². The van der Waals surface area contributed by atoms with Crippen molar-refractivity contribution in [3.05, 3.63) is 40.0 Å². The summed E-state index contributed by atoms with van der Waals surface area (Å²) in [6.07, 6.45) is 8.87. The minimum absolute atomic E-state index is 0.0849. The number of halogens is 1. The molecule has 0 amide bonds. The lowest BCUT2D eigenvalue weighted by molar-refractivity contribution is -0.108. The molecule has 1 fully saturated rings. The fraction of sp³-hybridized carbons (Fsp3) is 0.500. The lowest BCUT2D eigenvalue weighted by Gasteiger charge is -2.38. The van der Waals surface area contributed by atoms with Crippen LogP contribution in [-0.2, 0) is 4.79 Å². The van der Waals surface area contributed by atoms with Gasteiger partial charge in [-0.25, -0.2) is 0 Å². The number of carbonyl (C=O) groups is 1. The minimum Gasteiger partial charge on any atom is -0.509 e. The van der Waals surface area contributed by atoms with Crippen molar-refractivity contribution in [3.63, 3.8) is 0 Å². The Kier molecular flexibility index (Phi) is 5.22. The number of hydrogen-bond donors (Lipinski definition) is 1. The third-order valence-corrected chi connectivity index (χ3v) is 6.11. The topological polar surface area (TPSA) is 40.5 Å². The Bertz CT molecular complexity index is 596. The van der Waals surface area contributed by atoms with Crippen LogP contribution in [0.2, 0.25) is 5.02 Å². The average Bonchev–Trinajstić information content (AvgIpc) is 2.88. The van der Waals surface area contributed by atoms with Gasteiger partial charge in [0.1, 0.15) is 18.1 Å². The quantitative estimate of drug-likeness (QED) is 0.790. The van der Waals surface area contributed by atoms with E-state index >= 15 is 0 Å². The summed E-state index contributed by atoms with van der Waals surface area (Å²) in [5.74, 6) is 0.701. The van der Waals surface area contributed by atoms with Crippen LogP contribution in [0.15, 0.2) is 34.9 Å². The summed E-state index contributed by atoms with van der Waals surface area (Å²) in [6, 6.07) is 7.04. The van der Waals surface area contributed by atoms with Gasteiger partial charge in [0.2, 0.25) is 0 Å². The van der Waals surface area contributed by atoms with Crippen LogP contribution in [0.5, 0.6) is 0 Å². The van der Waals surface area contributed by atoms with Crippen LogP contribution < -0.4 is 4.90 Å². The van der Waals surface area contributed by atoms with Gasteiger partial charge in [-0.2, -0.15) is 0 Å². The van der Waals surface area contributed by atoms with Gasteiger partial charge in [0.05, 0.1) is 6.04 Å². The minimum atomic E-state index is -0.592. The Morgan fingerprint density at radius 3 is 2.43 bits per heavy atom. The standard InChI is InChI=1S/C18H22ClNO2S/c1-23-18-16(12-5-3-2-4-6-12)20(15(11-21)17(18)22)14-9-7-13(19)8-10-14/h7-12,15-16,22H,2-6H2,1H3. The molecule has 23 heavy (non-hydrogen) atoms. The fourth-order valence-corrected chi connectivity index (χ4v) is 4.91. The third-order valence-electron chi connectivity index (χ3n) is 4.97. The van der Waals surface area contributed by atoms with E-state index in [2.05, 4.69) is 4.90 Å². The number of carbonyl (C=O) groups excluding carboxylic acids is 1. The van der Waals surface area contributed by atoms with Gasteiger partial charge in [-0.15, -0.1) is 11.8 Å². The lowest BCUT2D eigenvalue weighted by atomic mass is 9.83. The molecule has 124 valence electrons. The Labute approximate surface area is 146 Å². The summed E-state index contributed by atoms with van der Waals surface area (Å²) in [7, 11) is 0. The van der Waals surface area contributed by atoms with Crippen molar-refractivity contribution in [1.82, 2.24) is 0 Å². The number of benzene rings is 1. The molecular formula is C18H22ClNO2S. The number of rotatable bonds is 4. The molecule has 2 atom stereocenters. The molecule has 5 heteroatoms. The van der Waals surface area contributed by atoms with Crippen LogP contribution in [0, 0.1) is 5.92 Å². The third kappa shape index (κ3) is 3.11. The maximum atomic E-state index is 11.7. The summed E-state index contributed by atoms with van der Waals surface area (Å²) in [6.45, 7) is 0. The zero-order valence-corrected chi connectivity index (χ0v) is 14.8. The summed E-state index contributed by atoms with van der Waals surface area (Å²) in [4.78, 5) is 14.7. The summed E-state index contributed by atoms with van der Waals surface area (Å²) >= 11 is 7.57. The molecule has 0 bridgehead atoms. The maximum absolute atomic E-state index is 11.7. The summed E-state index contributed by atoms with van der Waals surface area (Å²) < 4.78 is 0. The zero-order valence-electron chi connectivity index (χ0n) is 13.2. The van der Waals surface area contributed by atoms with Gasteiger partial charge >= 0.3 is 0 Å². The molecule has 1 N–H and O–H groups in total. The normalized spacial score (nSPS) is 25.9. The van der Waals surface area contributed by atoms with Crippen LogP contribution in [0.25, 0.3) is 0 Å². The molecule has 1 aliphatic carbocycles. The Balaban J connectivity index is 2.01. The van der Waals surface area contributed by atoms with Gasteiger partial charge in [-0.1, -0.05) is 30.9 Å². The first-order valence-electron chi connectivity index (χ1n) is 8.13. The number of nitrogens with zero attached hydrogens (tertiary/aromatic N) is 1. The van der Waals surface area contributed by atoms with E-state index in [1.54, 1.807) is 11.8 Å². The van der Waals surface area contributed by atoms with E-state index in [1.807, 2.05) is 30.5 Å². The first-order valence-corrected chi connectivity index (χ1v) is 9.74. The zero-order chi connectivity index (χ0) is 16.4. The second-order valence-electron chi connectivity index (χ2n) is 6.26. The first-order chi connectivity index (χ1) is 11.2. The number of anilines is 1. The van der Waals surface area contributed by atoms with Crippen molar-refractivity contribution in [1.29, 1.82) is 0 Å². The summed E-state index contributed by atoms with van der Waals surface area (Å²) in [5, 5.41) is 11.3. The van der Waals surface area contributed by atoms with Gasteiger partial charge in [0.25, 0.3) is 0 Å². The highest BCUT2D eigenvalue weighted by atomic mass is 35.5. The largest absolute Gasteiger partial charge is 0.509 e. The van der Waals surface area contributed by atoms with Gasteiger partial charge in [-0.05, 0) is 49.3 Å². The van der Waals surface area contributed by atoms with Crippen molar-refractivity contribution >= 4 is 35.3 Å². The molecule has 1 saturated carbocycles. The Morgan fingerprint density at radius 2 is 1.87 bits per heavy atom. The van der Waals surface area contributed by atoms with Gasteiger partial charge in [-0.3, -0.25) is 0 Å². The van der Waals surface area contributed by atoms with Gasteiger partial charge in [0.15, 0.2) is 0 Å². The molecule has 0 radical (unpaired) electrons. The fourth-order valence-electron chi connectivity index (χ4n) is 3.91. The highest BCUT2D eigenvalue weighted by Gasteiger charge is 2.44. The highest BCUT2D eigenvalue weighted by Crippen LogP contribution is 2.44. The van der Waals surface area contributed by atoms with E-state index in [0.717, 1.165) is 29.7 Å².